The number of nitrogens with one attached hydrogen (secondary N) is 1. The number of rotatable bonds is 4. The van der Waals surface area contributed by atoms with Crippen LogP contribution in [0.2, 0.25) is 5.02 Å². The predicted molar refractivity (Wildman–Crippen MR) is 104 cm³/mol. The van der Waals surface area contributed by atoms with Crippen molar-refractivity contribution >= 4 is 22.6 Å². The fourth-order valence-corrected chi connectivity index (χ4v) is 3.76. The third-order valence-corrected chi connectivity index (χ3v) is 5.27. The first-order chi connectivity index (χ1) is 13.0. The van der Waals surface area contributed by atoms with Gasteiger partial charge in [0.15, 0.2) is 0 Å². The third-order valence-electron chi connectivity index (χ3n) is 4.89. The Balaban J connectivity index is 1.87. The molecule has 3 aromatic heterocycles. The van der Waals surface area contributed by atoms with Crippen LogP contribution in [0.4, 0.5) is 4.39 Å². The number of imidazole rings is 1. The summed E-state index contributed by atoms with van der Waals surface area (Å²) in [4.78, 5) is 11.9. The normalized spacial score (nSPS) is 12.5. The van der Waals surface area contributed by atoms with E-state index in [1.54, 1.807) is 31.9 Å². The Bertz CT molecular complexity index is 1130. The number of fused-ring (bicyclic) bond motifs is 1. The average molecular weight is 385 g/mol. The summed E-state index contributed by atoms with van der Waals surface area (Å²) in [6.45, 7) is 1.97. The van der Waals surface area contributed by atoms with Crippen LogP contribution in [0.5, 0.6) is 5.75 Å². The Morgan fingerprint density at radius 3 is 2.81 bits per heavy atom. The first-order valence-corrected chi connectivity index (χ1v) is 8.84. The Labute approximate surface area is 160 Å². The highest BCUT2D eigenvalue weighted by Gasteiger charge is 2.23. The SMILES string of the molecule is COc1ccc(F)c(Cl)c1[C@@H](C)c1c[nH]c2ncc(-c3cncn3C)cc12. The van der Waals surface area contributed by atoms with E-state index in [0.29, 0.717) is 11.3 Å². The Hall–Kier alpha value is -2.86. The van der Waals surface area contributed by atoms with Gasteiger partial charge in [-0.25, -0.2) is 14.4 Å². The van der Waals surface area contributed by atoms with Gasteiger partial charge in [-0.15, -0.1) is 0 Å². The van der Waals surface area contributed by atoms with Crippen LogP contribution in [0, 0.1) is 5.82 Å². The molecular weight excluding hydrogens is 367 g/mol. The number of hydrogen-bond acceptors (Lipinski definition) is 3. The van der Waals surface area contributed by atoms with Crippen molar-refractivity contribution in [3.8, 4) is 17.0 Å². The molecule has 0 aliphatic carbocycles. The molecular formula is C20H18ClFN4O. The van der Waals surface area contributed by atoms with Gasteiger partial charge in [0.1, 0.15) is 17.2 Å². The van der Waals surface area contributed by atoms with E-state index < -0.39 is 5.82 Å². The summed E-state index contributed by atoms with van der Waals surface area (Å²) in [5, 5.41) is 1.02. The van der Waals surface area contributed by atoms with Crippen molar-refractivity contribution in [3.63, 3.8) is 0 Å². The molecule has 0 unspecified atom stereocenters. The Morgan fingerprint density at radius 1 is 1.30 bits per heavy atom. The van der Waals surface area contributed by atoms with E-state index in [1.807, 2.05) is 24.7 Å². The number of H-pyrrole nitrogens is 1. The minimum Gasteiger partial charge on any atom is -0.496 e. The second kappa shape index (κ2) is 6.70. The van der Waals surface area contributed by atoms with Crippen LogP contribution in [-0.2, 0) is 7.05 Å². The van der Waals surface area contributed by atoms with Crippen LogP contribution in [0.3, 0.4) is 0 Å². The molecule has 0 bridgehead atoms. The van der Waals surface area contributed by atoms with Gasteiger partial charge in [-0.05, 0) is 23.8 Å². The number of aromatic nitrogens is 4. The van der Waals surface area contributed by atoms with E-state index in [2.05, 4.69) is 21.0 Å². The van der Waals surface area contributed by atoms with Crippen LogP contribution in [-0.4, -0.2) is 26.6 Å². The van der Waals surface area contributed by atoms with Gasteiger partial charge >= 0.3 is 0 Å². The molecule has 5 nitrogen and oxygen atoms in total. The van der Waals surface area contributed by atoms with E-state index in [9.17, 15) is 4.39 Å². The molecule has 1 N–H and O–H groups in total. The van der Waals surface area contributed by atoms with Gasteiger partial charge in [0, 0.05) is 41.9 Å². The zero-order valence-electron chi connectivity index (χ0n) is 15.1. The molecule has 7 heteroatoms. The third kappa shape index (κ3) is 2.86. The molecule has 0 aliphatic heterocycles. The van der Waals surface area contributed by atoms with Gasteiger partial charge < -0.3 is 14.3 Å². The largest absolute Gasteiger partial charge is 0.496 e. The summed E-state index contributed by atoms with van der Waals surface area (Å²) >= 11 is 6.28. The number of methoxy groups -OCH3 is 1. The van der Waals surface area contributed by atoms with Crippen LogP contribution < -0.4 is 4.74 Å². The lowest BCUT2D eigenvalue weighted by Crippen LogP contribution is -2.02. The Kier molecular flexibility index (Phi) is 4.36. The highest BCUT2D eigenvalue weighted by molar-refractivity contribution is 6.31. The van der Waals surface area contributed by atoms with Gasteiger partial charge in [0.2, 0.25) is 0 Å². The minimum atomic E-state index is -0.465. The van der Waals surface area contributed by atoms with Gasteiger partial charge in [-0.3, -0.25) is 0 Å². The maximum Gasteiger partial charge on any atom is 0.142 e. The number of hydrogen-bond donors (Lipinski definition) is 1. The first-order valence-electron chi connectivity index (χ1n) is 8.46. The maximum absolute atomic E-state index is 14.1. The average Bonchev–Trinajstić information content (AvgIpc) is 3.28. The van der Waals surface area contributed by atoms with E-state index >= 15 is 0 Å². The van der Waals surface area contributed by atoms with Crippen molar-refractivity contribution in [2.45, 2.75) is 12.8 Å². The van der Waals surface area contributed by atoms with Crippen molar-refractivity contribution in [1.29, 1.82) is 0 Å². The molecule has 0 radical (unpaired) electrons. The van der Waals surface area contributed by atoms with Gasteiger partial charge in [-0.1, -0.05) is 18.5 Å². The number of nitrogens with zero attached hydrogens (tertiary/aromatic N) is 3. The molecule has 4 aromatic rings. The molecule has 0 amide bonds. The topological polar surface area (TPSA) is 55.7 Å². The number of aromatic amines is 1. The minimum absolute atomic E-state index is 0.0759. The van der Waals surface area contributed by atoms with Crippen LogP contribution in [0.15, 0.2) is 43.1 Å². The first kappa shape index (κ1) is 17.5. The van der Waals surface area contributed by atoms with Crippen molar-refractivity contribution in [2.75, 3.05) is 7.11 Å². The van der Waals surface area contributed by atoms with Crippen molar-refractivity contribution < 1.29 is 9.13 Å². The summed E-state index contributed by atoms with van der Waals surface area (Å²) < 4.78 is 21.4. The molecule has 138 valence electrons. The number of ether oxygens (including phenoxy) is 1. The van der Waals surface area contributed by atoms with Gasteiger partial charge in [-0.2, -0.15) is 0 Å². The lowest BCUT2D eigenvalue weighted by Gasteiger charge is -2.17. The quantitative estimate of drug-likeness (QED) is 0.543. The molecule has 4 rings (SSSR count). The predicted octanol–water partition coefficient (Wildman–Crippen LogP) is 4.92. The fraction of sp³-hybridized carbons (Fsp3) is 0.200. The zero-order chi connectivity index (χ0) is 19.1. The van der Waals surface area contributed by atoms with E-state index in [4.69, 9.17) is 16.3 Å². The number of benzene rings is 1. The second-order valence-electron chi connectivity index (χ2n) is 6.45. The van der Waals surface area contributed by atoms with Crippen molar-refractivity contribution in [2.24, 2.45) is 7.05 Å². The van der Waals surface area contributed by atoms with E-state index in [0.717, 1.165) is 27.9 Å². The van der Waals surface area contributed by atoms with E-state index in [-0.39, 0.29) is 10.9 Å². The van der Waals surface area contributed by atoms with Gasteiger partial charge in [0.05, 0.1) is 30.4 Å². The lowest BCUT2D eigenvalue weighted by atomic mass is 9.92. The van der Waals surface area contributed by atoms with Gasteiger partial charge in [0.25, 0.3) is 0 Å². The molecule has 0 aliphatic rings. The lowest BCUT2D eigenvalue weighted by molar-refractivity contribution is 0.407. The molecule has 0 spiro atoms. The summed E-state index contributed by atoms with van der Waals surface area (Å²) in [5.41, 5.74) is 4.26. The molecule has 0 saturated heterocycles. The summed E-state index contributed by atoms with van der Waals surface area (Å²) in [5.74, 6) is -0.104. The number of halogens is 2. The summed E-state index contributed by atoms with van der Waals surface area (Å²) in [6, 6.07) is 4.97. The van der Waals surface area contributed by atoms with E-state index in [1.165, 1.54) is 6.07 Å². The standard InChI is InChI=1S/C20H18ClFN4O/c1-11(18-17(27-3)5-4-15(22)19(18)21)14-8-25-20-13(14)6-12(7-24-20)16-9-23-10-26(16)2/h4-11H,1-3H3,(H,24,25)/t11-/m0/s1. The highest BCUT2D eigenvalue weighted by atomic mass is 35.5. The van der Waals surface area contributed by atoms with Crippen LogP contribution in [0.1, 0.15) is 24.0 Å². The van der Waals surface area contributed by atoms with Crippen LogP contribution in [0.25, 0.3) is 22.3 Å². The van der Waals surface area contributed by atoms with Crippen LogP contribution >= 0.6 is 11.6 Å². The number of pyridine rings is 1. The Morgan fingerprint density at radius 2 is 2.11 bits per heavy atom. The molecule has 27 heavy (non-hydrogen) atoms. The molecule has 1 aromatic carbocycles. The zero-order valence-corrected chi connectivity index (χ0v) is 15.9. The summed E-state index contributed by atoms with van der Waals surface area (Å²) in [6.07, 6.45) is 7.23. The monoisotopic (exact) mass is 384 g/mol. The smallest absolute Gasteiger partial charge is 0.142 e. The molecule has 0 fully saturated rings. The van der Waals surface area contributed by atoms with Crippen molar-refractivity contribution in [3.05, 3.63) is 65.1 Å². The molecule has 1 atom stereocenters. The maximum atomic E-state index is 14.1. The second-order valence-corrected chi connectivity index (χ2v) is 6.83. The summed E-state index contributed by atoms with van der Waals surface area (Å²) in [7, 11) is 3.49. The van der Waals surface area contributed by atoms with Crippen molar-refractivity contribution in [1.82, 2.24) is 19.5 Å². The number of aryl methyl sites for hydroxylation is 1. The molecule has 0 saturated carbocycles. The highest BCUT2D eigenvalue weighted by Crippen LogP contribution is 2.40. The fourth-order valence-electron chi connectivity index (χ4n) is 3.44. The molecule has 3 heterocycles.